The maximum absolute atomic E-state index is 5.20. The Balaban J connectivity index is 2.44. The van der Waals surface area contributed by atoms with E-state index in [1.54, 1.807) is 25.1 Å². The van der Waals surface area contributed by atoms with Crippen molar-refractivity contribution in [3.8, 4) is 11.6 Å². The van der Waals surface area contributed by atoms with Gasteiger partial charge in [-0.05, 0) is 13.0 Å². The van der Waals surface area contributed by atoms with Crippen LogP contribution in [0.5, 0.6) is 5.75 Å². The van der Waals surface area contributed by atoms with Crippen molar-refractivity contribution in [3.05, 3.63) is 35.8 Å². The van der Waals surface area contributed by atoms with E-state index >= 15 is 0 Å². The Bertz CT molecular complexity index is 508. The quantitative estimate of drug-likeness (QED) is 0.807. The van der Waals surface area contributed by atoms with Gasteiger partial charge in [-0.25, -0.2) is 9.67 Å². The summed E-state index contributed by atoms with van der Waals surface area (Å²) in [4.78, 5) is 4.32. The number of methoxy groups -OCH3 is 2. The Morgan fingerprint density at radius 2 is 2.18 bits per heavy atom. The van der Waals surface area contributed by atoms with E-state index in [1.165, 1.54) is 0 Å². The molecule has 0 amide bonds. The third-order valence-electron chi connectivity index (χ3n) is 2.46. The van der Waals surface area contributed by atoms with E-state index in [0.717, 1.165) is 22.8 Å². The first-order chi connectivity index (χ1) is 8.26. The molecule has 2 rings (SSSR count). The lowest BCUT2D eigenvalue weighted by atomic mass is 10.3. The Morgan fingerprint density at radius 3 is 2.82 bits per heavy atom. The minimum Gasteiger partial charge on any atom is -0.493 e. The molecule has 0 aromatic carbocycles. The number of nitrogens with zero attached hydrogens (tertiary/aromatic N) is 3. The number of hydrogen-bond acceptors (Lipinski definition) is 4. The molecular weight excluding hydrogens is 218 g/mol. The van der Waals surface area contributed by atoms with Gasteiger partial charge in [-0.1, -0.05) is 6.07 Å². The maximum atomic E-state index is 5.20. The maximum Gasteiger partial charge on any atom is 0.160 e. The van der Waals surface area contributed by atoms with Gasteiger partial charge in [-0.2, -0.15) is 5.10 Å². The van der Waals surface area contributed by atoms with Crippen LogP contribution in [-0.4, -0.2) is 29.0 Å². The van der Waals surface area contributed by atoms with Gasteiger partial charge in [0.05, 0.1) is 19.9 Å². The van der Waals surface area contributed by atoms with Gasteiger partial charge < -0.3 is 9.47 Å². The van der Waals surface area contributed by atoms with E-state index in [0.29, 0.717) is 6.61 Å². The first-order valence-corrected chi connectivity index (χ1v) is 5.29. The molecule has 0 aliphatic carbocycles. The summed E-state index contributed by atoms with van der Waals surface area (Å²) in [5, 5.41) is 4.37. The molecule has 17 heavy (non-hydrogen) atoms. The second-order valence-electron chi connectivity index (χ2n) is 3.65. The van der Waals surface area contributed by atoms with Crippen LogP contribution in [0.2, 0.25) is 0 Å². The third kappa shape index (κ3) is 2.29. The van der Waals surface area contributed by atoms with E-state index in [4.69, 9.17) is 9.47 Å². The fraction of sp³-hybridized carbons (Fsp3) is 0.333. The molecule has 90 valence electrons. The molecule has 0 N–H and O–H groups in total. The molecule has 0 spiro atoms. The van der Waals surface area contributed by atoms with Crippen molar-refractivity contribution in [2.75, 3.05) is 14.2 Å². The zero-order valence-corrected chi connectivity index (χ0v) is 10.2. The summed E-state index contributed by atoms with van der Waals surface area (Å²) in [5.41, 5.74) is 1.82. The number of ether oxygens (including phenoxy) is 2. The van der Waals surface area contributed by atoms with Gasteiger partial charge in [0.15, 0.2) is 11.6 Å². The summed E-state index contributed by atoms with van der Waals surface area (Å²) in [6.45, 7) is 2.40. The fourth-order valence-corrected chi connectivity index (χ4v) is 1.66. The zero-order valence-electron chi connectivity index (χ0n) is 10.2. The summed E-state index contributed by atoms with van der Waals surface area (Å²) >= 11 is 0. The third-order valence-corrected chi connectivity index (χ3v) is 2.46. The molecule has 5 heteroatoms. The van der Waals surface area contributed by atoms with Crippen LogP contribution in [0.1, 0.15) is 11.3 Å². The van der Waals surface area contributed by atoms with Crippen LogP contribution >= 0.6 is 0 Å². The number of aryl methyl sites for hydroxylation is 1. The van der Waals surface area contributed by atoms with Crippen molar-refractivity contribution < 1.29 is 9.47 Å². The molecular formula is C12H15N3O2. The lowest BCUT2D eigenvalue weighted by Crippen LogP contribution is -2.04. The second kappa shape index (κ2) is 4.97. The largest absolute Gasteiger partial charge is 0.493 e. The Hall–Kier alpha value is -1.88. The molecule has 0 fully saturated rings. The highest BCUT2D eigenvalue weighted by Crippen LogP contribution is 2.19. The molecule has 2 aromatic heterocycles. The second-order valence-corrected chi connectivity index (χ2v) is 3.65. The summed E-state index contributed by atoms with van der Waals surface area (Å²) < 4.78 is 12.1. The lowest BCUT2D eigenvalue weighted by Gasteiger charge is -2.06. The van der Waals surface area contributed by atoms with E-state index in [2.05, 4.69) is 10.1 Å². The Morgan fingerprint density at radius 1 is 1.35 bits per heavy atom. The molecule has 0 saturated carbocycles. The van der Waals surface area contributed by atoms with Crippen LogP contribution < -0.4 is 4.74 Å². The van der Waals surface area contributed by atoms with Crippen molar-refractivity contribution in [3.63, 3.8) is 0 Å². The monoisotopic (exact) mass is 233 g/mol. The zero-order chi connectivity index (χ0) is 12.3. The van der Waals surface area contributed by atoms with Crippen LogP contribution in [0.4, 0.5) is 0 Å². The average Bonchev–Trinajstić information content (AvgIpc) is 2.71. The molecule has 2 aromatic rings. The standard InChI is InChI=1S/C12H15N3O2/c1-9-11(17-3)7-15(14-9)12-10(8-16-2)5-4-6-13-12/h4-7H,8H2,1-3H3. The van der Waals surface area contributed by atoms with Crippen molar-refractivity contribution in [2.24, 2.45) is 0 Å². The molecule has 5 nitrogen and oxygen atoms in total. The van der Waals surface area contributed by atoms with Crippen molar-refractivity contribution >= 4 is 0 Å². The SMILES string of the molecule is COCc1cccnc1-n1cc(OC)c(C)n1. The molecule has 0 saturated heterocycles. The minimum absolute atomic E-state index is 0.504. The summed E-state index contributed by atoms with van der Waals surface area (Å²) in [6.07, 6.45) is 3.55. The van der Waals surface area contributed by atoms with Crippen LogP contribution in [0.25, 0.3) is 5.82 Å². The van der Waals surface area contributed by atoms with Crippen molar-refractivity contribution in [1.29, 1.82) is 0 Å². The van der Waals surface area contributed by atoms with Gasteiger partial charge in [0, 0.05) is 18.9 Å². The molecule has 0 aliphatic heterocycles. The average molecular weight is 233 g/mol. The van der Waals surface area contributed by atoms with Gasteiger partial charge in [-0.15, -0.1) is 0 Å². The van der Waals surface area contributed by atoms with Crippen LogP contribution in [0.3, 0.4) is 0 Å². The van der Waals surface area contributed by atoms with Crippen LogP contribution in [0.15, 0.2) is 24.5 Å². The van der Waals surface area contributed by atoms with Crippen molar-refractivity contribution in [1.82, 2.24) is 14.8 Å². The van der Waals surface area contributed by atoms with Crippen LogP contribution in [-0.2, 0) is 11.3 Å². The topological polar surface area (TPSA) is 49.2 Å². The van der Waals surface area contributed by atoms with Gasteiger partial charge in [0.1, 0.15) is 5.69 Å². The molecule has 0 bridgehead atoms. The number of rotatable bonds is 4. The van der Waals surface area contributed by atoms with Crippen LogP contribution in [0, 0.1) is 6.92 Å². The smallest absolute Gasteiger partial charge is 0.160 e. The molecule has 0 unspecified atom stereocenters. The van der Waals surface area contributed by atoms with Gasteiger partial charge in [-0.3, -0.25) is 0 Å². The highest BCUT2D eigenvalue weighted by atomic mass is 16.5. The summed E-state index contributed by atoms with van der Waals surface area (Å²) in [7, 11) is 3.29. The normalized spacial score (nSPS) is 10.5. The van der Waals surface area contributed by atoms with Gasteiger partial charge in [0.25, 0.3) is 0 Å². The van der Waals surface area contributed by atoms with E-state index < -0.39 is 0 Å². The number of aromatic nitrogens is 3. The fourth-order valence-electron chi connectivity index (χ4n) is 1.66. The molecule has 0 radical (unpaired) electrons. The van der Waals surface area contributed by atoms with E-state index in [1.807, 2.05) is 25.3 Å². The molecule has 0 aliphatic rings. The molecule has 2 heterocycles. The number of hydrogen-bond donors (Lipinski definition) is 0. The minimum atomic E-state index is 0.504. The van der Waals surface area contributed by atoms with Crippen molar-refractivity contribution in [2.45, 2.75) is 13.5 Å². The van der Waals surface area contributed by atoms with E-state index in [-0.39, 0.29) is 0 Å². The Labute approximate surface area is 100 Å². The summed E-state index contributed by atoms with van der Waals surface area (Å²) in [5.74, 6) is 1.51. The summed E-state index contributed by atoms with van der Waals surface area (Å²) in [6, 6.07) is 3.85. The highest BCUT2D eigenvalue weighted by molar-refractivity contribution is 5.35. The molecule has 0 atom stereocenters. The number of pyridine rings is 1. The predicted molar refractivity (Wildman–Crippen MR) is 63.4 cm³/mol. The predicted octanol–water partition coefficient (Wildman–Crippen LogP) is 1.73. The van der Waals surface area contributed by atoms with E-state index in [9.17, 15) is 0 Å². The van der Waals surface area contributed by atoms with Gasteiger partial charge in [0.2, 0.25) is 0 Å². The highest BCUT2D eigenvalue weighted by Gasteiger charge is 2.10. The van der Waals surface area contributed by atoms with Gasteiger partial charge >= 0.3 is 0 Å². The lowest BCUT2D eigenvalue weighted by molar-refractivity contribution is 0.184. The first kappa shape index (κ1) is 11.6. The first-order valence-electron chi connectivity index (χ1n) is 5.29. The Kier molecular flexibility index (Phi) is 3.39.